The van der Waals surface area contributed by atoms with E-state index in [0.717, 1.165) is 12.8 Å². The SMILES string of the molecule is CC(C)NCC1(COCC(F)(F)F)CCOCC1. The third-order valence-electron chi connectivity index (χ3n) is 3.11. The van der Waals surface area contributed by atoms with Gasteiger partial charge in [0.2, 0.25) is 0 Å². The summed E-state index contributed by atoms with van der Waals surface area (Å²) >= 11 is 0. The Morgan fingerprint density at radius 1 is 1.28 bits per heavy atom. The van der Waals surface area contributed by atoms with Crippen LogP contribution < -0.4 is 5.32 Å². The molecule has 1 rings (SSSR count). The lowest BCUT2D eigenvalue weighted by Gasteiger charge is -2.37. The zero-order valence-electron chi connectivity index (χ0n) is 11.0. The van der Waals surface area contributed by atoms with Gasteiger partial charge in [0.25, 0.3) is 0 Å². The molecule has 0 radical (unpaired) electrons. The van der Waals surface area contributed by atoms with Crippen LogP contribution in [0.25, 0.3) is 0 Å². The Morgan fingerprint density at radius 2 is 1.89 bits per heavy atom. The molecule has 0 amide bonds. The van der Waals surface area contributed by atoms with Crippen molar-refractivity contribution < 1.29 is 22.6 Å². The number of ether oxygens (including phenoxy) is 2. The average molecular weight is 269 g/mol. The molecule has 6 heteroatoms. The van der Waals surface area contributed by atoms with Crippen LogP contribution in [0.3, 0.4) is 0 Å². The van der Waals surface area contributed by atoms with Crippen LogP contribution in [0, 0.1) is 5.41 Å². The second-order valence-electron chi connectivity index (χ2n) is 5.26. The van der Waals surface area contributed by atoms with E-state index in [-0.39, 0.29) is 12.0 Å². The van der Waals surface area contributed by atoms with Crippen LogP contribution in [0.1, 0.15) is 26.7 Å². The third-order valence-corrected chi connectivity index (χ3v) is 3.11. The van der Waals surface area contributed by atoms with Gasteiger partial charge in [0.1, 0.15) is 6.61 Å². The zero-order valence-corrected chi connectivity index (χ0v) is 11.0. The lowest BCUT2D eigenvalue weighted by atomic mass is 9.80. The van der Waals surface area contributed by atoms with Gasteiger partial charge in [-0.1, -0.05) is 13.8 Å². The van der Waals surface area contributed by atoms with Gasteiger partial charge in [0.15, 0.2) is 0 Å². The molecule has 18 heavy (non-hydrogen) atoms. The minimum atomic E-state index is -4.25. The van der Waals surface area contributed by atoms with Crippen molar-refractivity contribution in [3.05, 3.63) is 0 Å². The summed E-state index contributed by atoms with van der Waals surface area (Å²) in [5.41, 5.74) is -0.228. The van der Waals surface area contributed by atoms with E-state index in [1.54, 1.807) is 0 Å². The molecule has 0 unspecified atom stereocenters. The number of hydrogen-bond acceptors (Lipinski definition) is 3. The second kappa shape index (κ2) is 6.73. The summed E-state index contributed by atoms with van der Waals surface area (Å²) in [7, 11) is 0. The fourth-order valence-corrected chi connectivity index (χ4v) is 1.98. The van der Waals surface area contributed by atoms with E-state index >= 15 is 0 Å². The van der Waals surface area contributed by atoms with Crippen molar-refractivity contribution in [2.75, 3.05) is 33.0 Å². The summed E-state index contributed by atoms with van der Waals surface area (Å²) in [6.45, 7) is 4.86. The fraction of sp³-hybridized carbons (Fsp3) is 1.00. The molecule has 0 aromatic carbocycles. The van der Waals surface area contributed by atoms with E-state index in [0.29, 0.717) is 25.8 Å². The predicted molar refractivity (Wildman–Crippen MR) is 62.5 cm³/mol. The molecular weight excluding hydrogens is 247 g/mol. The molecule has 1 fully saturated rings. The average Bonchev–Trinajstić information content (AvgIpc) is 2.26. The minimum absolute atomic E-state index is 0.135. The molecule has 0 aliphatic carbocycles. The van der Waals surface area contributed by atoms with Crippen molar-refractivity contribution in [3.8, 4) is 0 Å². The second-order valence-corrected chi connectivity index (χ2v) is 5.26. The quantitative estimate of drug-likeness (QED) is 0.803. The summed E-state index contributed by atoms with van der Waals surface area (Å²) in [6.07, 6.45) is -2.77. The molecule has 0 bridgehead atoms. The highest BCUT2D eigenvalue weighted by Gasteiger charge is 2.35. The van der Waals surface area contributed by atoms with Crippen LogP contribution in [-0.2, 0) is 9.47 Å². The van der Waals surface area contributed by atoms with Crippen molar-refractivity contribution >= 4 is 0 Å². The maximum atomic E-state index is 12.1. The highest BCUT2D eigenvalue weighted by molar-refractivity contribution is 4.84. The van der Waals surface area contributed by atoms with E-state index in [9.17, 15) is 13.2 Å². The van der Waals surface area contributed by atoms with Crippen LogP contribution >= 0.6 is 0 Å². The lowest BCUT2D eigenvalue weighted by Crippen LogP contribution is -2.44. The molecule has 0 atom stereocenters. The van der Waals surface area contributed by atoms with Crippen molar-refractivity contribution in [3.63, 3.8) is 0 Å². The molecule has 0 aromatic heterocycles. The summed E-state index contributed by atoms with van der Waals surface area (Å²) in [6, 6.07) is 0.312. The molecule has 1 N–H and O–H groups in total. The predicted octanol–water partition coefficient (Wildman–Crippen LogP) is 2.36. The summed E-state index contributed by atoms with van der Waals surface area (Å²) in [4.78, 5) is 0. The number of hydrogen-bond donors (Lipinski definition) is 1. The van der Waals surface area contributed by atoms with Gasteiger partial charge in [-0.3, -0.25) is 0 Å². The van der Waals surface area contributed by atoms with E-state index in [2.05, 4.69) is 5.32 Å². The molecule has 3 nitrogen and oxygen atoms in total. The van der Waals surface area contributed by atoms with Crippen LogP contribution in [0.5, 0.6) is 0 Å². The maximum absolute atomic E-state index is 12.1. The Morgan fingerprint density at radius 3 is 2.39 bits per heavy atom. The zero-order chi connectivity index (χ0) is 13.6. The molecule has 0 spiro atoms. The smallest absolute Gasteiger partial charge is 0.381 e. The van der Waals surface area contributed by atoms with Crippen LogP contribution in [0.15, 0.2) is 0 Å². The van der Waals surface area contributed by atoms with E-state index in [1.165, 1.54) is 0 Å². The Hall–Kier alpha value is -0.330. The first kappa shape index (κ1) is 15.7. The molecule has 0 saturated carbocycles. The number of halogens is 3. The third kappa shape index (κ3) is 6.02. The van der Waals surface area contributed by atoms with Crippen LogP contribution in [-0.4, -0.2) is 45.2 Å². The first-order valence-corrected chi connectivity index (χ1v) is 6.29. The Labute approximate surface area is 106 Å². The Bertz CT molecular complexity index is 238. The van der Waals surface area contributed by atoms with E-state index in [1.807, 2.05) is 13.8 Å². The van der Waals surface area contributed by atoms with Crippen molar-refractivity contribution in [1.29, 1.82) is 0 Å². The molecule has 1 saturated heterocycles. The van der Waals surface area contributed by atoms with Crippen molar-refractivity contribution in [2.24, 2.45) is 5.41 Å². The molecule has 0 aromatic rings. The van der Waals surface area contributed by atoms with Gasteiger partial charge < -0.3 is 14.8 Å². The standard InChI is InChI=1S/C12H22F3NO2/c1-10(2)16-7-11(3-5-17-6-4-11)8-18-9-12(13,14)15/h10,16H,3-9H2,1-2H3. The van der Waals surface area contributed by atoms with Gasteiger partial charge in [-0.05, 0) is 12.8 Å². The van der Waals surface area contributed by atoms with E-state index in [4.69, 9.17) is 9.47 Å². The minimum Gasteiger partial charge on any atom is -0.381 e. The molecule has 108 valence electrons. The number of nitrogens with one attached hydrogen (secondary N) is 1. The number of rotatable bonds is 6. The molecule has 1 aliphatic rings. The van der Waals surface area contributed by atoms with Crippen molar-refractivity contribution in [1.82, 2.24) is 5.32 Å². The topological polar surface area (TPSA) is 30.5 Å². The van der Waals surface area contributed by atoms with Crippen LogP contribution in [0.2, 0.25) is 0 Å². The van der Waals surface area contributed by atoms with Crippen molar-refractivity contribution in [2.45, 2.75) is 38.9 Å². The highest BCUT2D eigenvalue weighted by atomic mass is 19.4. The maximum Gasteiger partial charge on any atom is 0.411 e. The normalized spacial score (nSPS) is 20.3. The number of alkyl halides is 3. The largest absolute Gasteiger partial charge is 0.411 e. The molecule has 1 aliphatic heterocycles. The van der Waals surface area contributed by atoms with Gasteiger partial charge in [-0.15, -0.1) is 0 Å². The fourth-order valence-electron chi connectivity index (χ4n) is 1.98. The molecular formula is C12H22F3NO2. The molecule has 1 heterocycles. The Kier molecular flexibility index (Phi) is 5.88. The van der Waals surface area contributed by atoms with Crippen LogP contribution in [0.4, 0.5) is 13.2 Å². The van der Waals surface area contributed by atoms with E-state index < -0.39 is 12.8 Å². The lowest BCUT2D eigenvalue weighted by molar-refractivity contribution is -0.184. The van der Waals surface area contributed by atoms with Gasteiger partial charge in [-0.2, -0.15) is 13.2 Å². The van der Waals surface area contributed by atoms with Gasteiger partial charge >= 0.3 is 6.18 Å². The van der Waals surface area contributed by atoms with Gasteiger partial charge in [0.05, 0.1) is 6.61 Å². The summed E-state index contributed by atoms with van der Waals surface area (Å²) in [5, 5.41) is 3.29. The monoisotopic (exact) mass is 269 g/mol. The van der Waals surface area contributed by atoms with Gasteiger partial charge in [0, 0.05) is 31.2 Å². The Balaban J connectivity index is 2.44. The first-order chi connectivity index (χ1) is 8.33. The van der Waals surface area contributed by atoms with Gasteiger partial charge in [-0.25, -0.2) is 0 Å². The summed E-state index contributed by atoms with van der Waals surface area (Å²) < 4.78 is 46.4. The highest BCUT2D eigenvalue weighted by Crippen LogP contribution is 2.31. The summed E-state index contributed by atoms with van der Waals surface area (Å²) in [5.74, 6) is 0. The first-order valence-electron chi connectivity index (χ1n) is 6.29.